The van der Waals surface area contributed by atoms with E-state index in [1.807, 2.05) is 0 Å². The van der Waals surface area contributed by atoms with E-state index in [9.17, 15) is 4.39 Å². The molecule has 16 heavy (non-hydrogen) atoms. The van der Waals surface area contributed by atoms with Crippen LogP contribution in [0, 0.1) is 11.7 Å². The summed E-state index contributed by atoms with van der Waals surface area (Å²) in [7, 11) is 0. The van der Waals surface area contributed by atoms with Crippen LogP contribution in [-0.2, 0) is 0 Å². The summed E-state index contributed by atoms with van der Waals surface area (Å²) in [6.45, 7) is 4.69. The fourth-order valence-corrected chi connectivity index (χ4v) is 1.98. The van der Waals surface area contributed by atoms with Crippen molar-refractivity contribution in [3.8, 4) is 5.75 Å². The summed E-state index contributed by atoms with van der Waals surface area (Å²) < 4.78 is 18.7. The largest absolute Gasteiger partial charge is 0.489 e. The maximum absolute atomic E-state index is 13.2. The zero-order valence-electron chi connectivity index (χ0n) is 9.16. The molecule has 1 saturated carbocycles. The summed E-state index contributed by atoms with van der Waals surface area (Å²) in [5.41, 5.74) is 6.54. The van der Waals surface area contributed by atoms with Gasteiger partial charge in [-0.1, -0.05) is 12.7 Å². The molecule has 1 aliphatic rings. The molecular formula is C13H16FNO. The van der Waals surface area contributed by atoms with Gasteiger partial charge in [0, 0.05) is 5.56 Å². The van der Waals surface area contributed by atoms with E-state index < -0.39 is 0 Å². The molecule has 0 aromatic heterocycles. The standard InChI is InChI=1S/C13H16FNO/c1-2-5-16-13-4-3-10(14)7-12(13)11-6-9(11)8-15/h2-4,7,9,11H,1,5-6,8,15H2/t9-,11+/m0/s1. The first-order valence-electron chi connectivity index (χ1n) is 5.49. The normalized spacial score (nSPS) is 22.9. The Morgan fingerprint density at radius 3 is 3.00 bits per heavy atom. The lowest BCUT2D eigenvalue weighted by Gasteiger charge is -2.10. The van der Waals surface area contributed by atoms with E-state index in [-0.39, 0.29) is 5.82 Å². The second-order valence-electron chi connectivity index (χ2n) is 4.12. The maximum atomic E-state index is 13.2. The molecule has 2 atom stereocenters. The smallest absolute Gasteiger partial charge is 0.123 e. The van der Waals surface area contributed by atoms with E-state index in [4.69, 9.17) is 10.5 Å². The summed E-state index contributed by atoms with van der Waals surface area (Å²) in [5.74, 6) is 1.37. The van der Waals surface area contributed by atoms with Gasteiger partial charge in [-0.05, 0) is 43.0 Å². The molecule has 1 fully saturated rings. The second kappa shape index (κ2) is 4.66. The minimum Gasteiger partial charge on any atom is -0.489 e. The molecule has 0 saturated heterocycles. The molecule has 2 N–H and O–H groups in total. The number of halogens is 1. The van der Waals surface area contributed by atoms with Crippen LogP contribution in [0.3, 0.4) is 0 Å². The van der Waals surface area contributed by atoms with Crippen molar-refractivity contribution in [1.29, 1.82) is 0 Å². The highest BCUT2D eigenvalue weighted by molar-refractivity contribution is 5.40. The number of hydrogen-bond acceptors (Lipinski definition) is 2. The predicted octanol–water partition coefficient (Wildman–Crippen LogP) is 2.45. The molecule has 0 spiro atoms. The highest BCUT2D eigenvalue weighted by Gasteiger charge is 2.38. The lowest BCUT2D eigenvalue weighted by molar-refractivity contribution is 0.358. The van der Waals surface area contributed by atoms with Crippen molar-refractivity contribution in [3.63, 3.8) is 0 Å². The fraction of sp³-hybridized carbons (Fsp3) is 0.385. The number of ether oxygens (including phenoxy) is 1. The van der Waals surface area contributed by atoms with Crippen LogP contribution in [0.25, 0.3) is 0 Å². The number of benzene rings is 1. The Morgan fingerprint density at radius 1 is 1.56 bits per heavy atom. The summed E-state index contributed by atoms with van der Waals surface area (Å²) in [5, 5.41) is 0. The van der Waals surface area contributed by atoms with Gasteiger partial charge in [0.2, 0.25) is 0 Å². The molecule has 0 amide bonds. The molecule has 86 valence electrons. The average Bonchev–Trinajstić information content (AvgIpc) is 3.06. The van der Waals surface area contributed by atoms with E-state index in [1.165, 1.54) is 6.07 Å². The molecule has 0 bridgehead atoms. The number of hydrogen-bond donors (Lipinski definition) is 1. The Labute approximate surface area is 94.9 Å². The number of nitrogens with two attached hydrogens (primary N) is 1. The van der Waals surface area contributed by atoms with Crippen molar-refractivity contribution in [2.45, 2.75) is 12.3 Å². The zero-order chi connectivity index (χ0) is 11.5. The van der Waals surface area contributed by atoms with Gasteiger partial charge in [-0.3, -0.25) is 0 Å². The monoisotopic (exact) mass is 221 g/mol. The highest BCUT2D eigenvalue weighted by Crippen LogP contribution is 2.49. The van der Waals surface area contributed by atoms with Crippen LogP contribution in [0.1, 0.15) is 17.9 Å². The lowest BCUT2D eigenvalue weighted by Crippen LogP contribution is -2.03. The van der Waals surface area contributed by atoms with Crippen molar-refractivity contribution < 1.29 is 9.13 Å². The maximum Gasteiger partial charge on any atom is 0.123 e. The van der Waals surface area contributed by atoms with E-state index in [2.05, 4.69) is 6.58 Å². The van der Waals surface area contributed by atoms with E-state index in [0.29, 0.717) is 25.0 Å². The van der Waals surface area contributed by atoms with Gasteiger partial charge >= 0.3 is 0 Å². The third-order valence-corrected chi connectivity index (χ3v) is 2.95. The SMILES string of the molecule is C=CCOc1ccc(F)cc1[C@@H]1C[C@H]1CN. The van der Waals surface area contributed by atoms with Crippen molar-refractivity contribution in [3.05, 3.63) is 42.2 Å². The summed E-state index contributed by atoms with van der Waals surface area (Å²) in [4.78, 5) is 0. The summed E-state index contributed by atoms with van der Waals surface area (Å²) >= 11 is 0. The number of rotatable bonds is 5. The molecule has 2 nitrogen and oxygen atoms in total. The Hall–Kier alpha value is -1.35. The minimum absolute atomic E-state index is 0.219. The van der Waals surface area contributed by atoms with Crippen molar-refractivity contribution >= 4 is 0 Å². The molecule has 1 aromatic carbocycles. The topological polar surface area (TPSA) is 35.2 Å². The van der Waals surface area contributed by atoms with Crippen LogP contribution in [0.5, 0.6) is 5.75 Å². The molecule has 1 aromatic rings. The molecule has 0 radical (unpaired) electrons. The molecule has 2 rings (SSSR count). The first-order chi connectivity index (χ1) is 7.76. The highest BCUT2D eigenvalue weighted by atomic mass is 19.1. The van der Waals surface area contributed by atoms with Crippen LogP contribution in [0.4, 0.5) is 4.39 Å². The van der Waals surface area contributed by atoms with Gasteiger partial charge in [-0.2, -0.15) is 0 Å². The van der Waals surface area contributed by atoms with Crippen LogP contribution >= 0.6 is 0 Å². The minimum atomic E-state index is -0.219. The van der Waals surface area contributed by atoms with Gasteiger partial charge in [0.15, 0.2) is 0 Å². The third-order valence-electron chi connectivity index (χ3n) is 2.95. The van der Waals surface area contributed by atoms with Gasteiger partial charge in [0.1, 0.15) is 18.2 Å². The molecule has 3 heteroatoms. The molecule has 0 heterocycles. The van der Waals surface area contributed by atoms with Crippen LogP contribution in [0.15, 0.2) is 30.9 Å². The van der Waals surface area contributed by atoms with Crippen molar-refractivity contribution in [1.82, 2.24) is 0 Å². The zero-order valence-corrected chi connectivity index (χ0v) is 9.16. The molecule has 0 aliphatic heterocycles. The van der Waals surface area contributed by atoms with E-state index >= 15 is 0 Å². The third kappa shape index (κ3) is 2.25. The Balaban J connectivity index is 2.19. The van der Waals surface area contributed by atoms with Crippen molar-refractivity contribution in [2.75, 3.05) is 13.2 Å². The Kier molecular flexibility index (Phi) is 3.25. The van der Waals surface area contributed by atoms with Gasteiger partial charge in [0.25, 0.3) is 0 Å². The van der Waals surface area contributed by atoms with Gasteiger partial charge < -0.3 is 10.5 Å². The van der Waals surface area contributed by atoms with Crippen LogP contribution in [-0.4, -0.2) is 13.2 Å². The second-order valence-corrected chi connectivity index (χ2v) is 4.12. The summed E-state index contributed by atoms with van der Waals surface area (Å²) in [6.07, 6.45) is 2.71. The van der Waals surface area contributed by atoms with Gasteiger partial charge in [-0.25, -0.2) is 4.39 Å². The Bertz CT molecular complexity index is 392. The van der Waals surface area contributed by atoms with Crippen LogP contribution in [0.2, 0.25) is 0 Å². The lowest BCUT2D eigenvalue weighted by atomic mass is 10.1. The molecule has 0 unspecified atom stereocenters. The van der Waals surface area contributed by atoms with Gasteiger partial charge in [0.05, 0.1) is 0 Å². The van der Waals surface area contributed by atoms with E-state index in [1.54, 1.807) is 18.2 Å². The quantitative estimate of drug-likeness (QED) is 0.775. The summed E-state index contributed by atoms with van der Waals surface area (Å²) in [6, 6.07) is 4.65. The van der Waals surface area contributed by atoms with Crippen LogP contribution < -0.4 is 10.5 Å². The fourth-order valence-electron chi connectivity index (χ4n) is 1.98. The Morgan fingerprint density at radius 2 is 2.38 bits per heavy atom. The van der Waals surface area contributed by atoms with Crippen molar-refractivity contribution in [2.24, 2.45) is 11.7 Å². The molecule has 1 aliphatic carbocycles. The van der Waals surface area contributed by atoms with E-state index in [0.717, 1.165) is 17.7 Å². The van der Waals surface area contributed by atoms with Gasteiger partial charge in [-0.15, -0.1) is 0 Å². The average molecular weight is 221 g/mol. The predicted molar refractivity (Wildman–Crippen MR) is 62.0 cm³/mol. The first-order valence-corrected chi connectivity index (χ1v) is 5.49. The first kappa shape index (κ1) is 11.1. The molecular weight excluding hydrogens is 205 g/mol.